The molecule has 62 heavy (non-hydrogen) atoms. The maximum Gasteiger partial charge on any atom is 0.269 e. The minimum atomic E-state index is -0.763. The zero-order valence-corrected chi connectivity index (χ0v) is 33.7. The summed E-state index contributed by atoms with van der Waals surface area (Å²) >= 11 is 11.5. The monoisotopic (exact) mass is 874 g/mol. The van der Waals surface area contributed by atoms with Crippen LogP contribution < -0.4 is 9.47 Å². The van der Waals surface area contributed by atoms with Gasteiger partial charge in [0.2, 0.25) is 0 Å². The summed E-state index contributed by atoms with van der Waals surface area (Å²) in [6.07, 6.45) is 0.184. The van der Waals surface area contributed by atoms with Crippen LogP contribution in [0.2, 0.25) is 0 Å². The molecule has 0 radical (unpaired) electrons. The summed E-state index contributed by atoms with van der Waals surface area (Å²) in [5.41, 5.74) is 4.82. The Bertz CT molecular complexity index is 2520. The van der Waals surface area contributed by atoms with Crippen molar-refractivity contribution < 1.29 is 39.1 Å². The lowest BCUT2D eigenvalue weighted by molar-refractivity contribution is -0.385. The number of phenols is 2. The van der Waals surface area contributed by atoms with Crippen LogP contribution in [0.3, 0.4) is 0 Å². The molecule has 1 aliphatic carbocycles. The van der Waals surface area contributed by atoms with Crippen molar-refractivity contribution >= 4 is 67.8 Å². The third-order valence-corrected chi connectivity index (χ3v) is 9.95. The van der Waals surface area contributed by atoms with Crippen molar-refractivity contribution in [3.63, 3.8) is 0 Å². The topological polar surface area (TPSA) is 229 Å². The number of aromatic hydroxyl groups is 2. The van der Waals surface area contributed by atoms with E-state index in [0.29, 0.717) is 67.3 Å². The molecule has 7 rings (SSSR count). The number of benzene rings is 6. The zero-order chi connectivity index (χ0) is 43.9. The molecule has 16 nitrogen and oxygen atoms in total. The lowest BCUT2D eigenvalue weighted by Crippen LogP contribution is -2.10. The van der Waals surface area contributed by atoms with Crippen LogP contribution >= 0.6 is 23.2 Å². The van der Waals surface area contributed by atoms with E-state index in [9.17, 15) is 40.0 Å². The molecule has 0 aromatic heterocycles. The van der Waals surface area contributed by atoms with Crippen LogP contribution in [0.1, 0.15) is 44.5 Å². The van der Waals surface area contributed by atoms with Gasteiger partial charge in [-0.15, -0.1) is 0 Å². The number of azo groups is 2. The molecule has 0 spiro atoms. The number of hydrogen-bond donors (Lipinski definition) is 2. The first-order valence-electron chi connectivity index (χ1n) is 18.7. The molecule has 0 fully saturated rings. The van der Waals surface area contributed by atoms with Crippen molar-refractivity contribution in [1.82, 2.24) is 0 Å². The van der Waals surface area contributed by atoms with Gasteiger partial charge in [-0.25, -0.2) is 0 Å². The first kappa shape index (κ1) is 42.6. The highest BCUT2D eigenvalue weighted by atomic mass is 35.5. The Morgan fingerprint density at radius 1 is 0.500 bits per heavy atom. The van der Waals surface area contributed by atoms with Crippen molar-refractivity contribution in [3.05, 3.63) is 174 Å². The lowest BCUT2D eigenvalue weighted by atomic mass is 9.91. The number of nitrogens with zero attached hydrogens (tertiary/aromatic N) is 6. The molecule has 6 aromatic rings. The molecule has 8 bridgehead atoms. The molecule has 0 saturated carbocycles. The fourth-order valence-corrected chi connectivity index (χ4v) is 7.04. The van der Waals surface area contributed by atoms with Gasteiger partial charge in [-0.1, -0.05) is 36.4 Å². The first-order valence-corrected chi connectivity index (χ1v) is 19.4. The van der Waals surface area contributed by atoms with Gasteiger partial charge in [-0.3, -0.25) is 29.8 Å². The van der Waals surface area contributed by atoms with Crippen molar-refractivity contribution in [2.75, 3.05) is 13.2 Å². The summed E-state index contributed by atoms with van der Waals surface area (Å²) in [5.74, 6) is 0.370. The van der Waals surface area contributed by atoms with Crippen LogP contribution in [0.5, 0.6) is 23.0 Å². The molecular weight excluding hydrogens is 843 g/mol. The molecule has 18 heteroatoms. The van der Waals surface area contributed by atoms with Gasteiger partial charge in [-0.2, -0.15) is 20.5 Å². The van der Waals surface area contributed by atoms with Gasteiger partial charge in [-0.05, 0) is 94.0 Å². The number of non-ortho nitro benzene ring substituents is 2. The van der Waals surface area contributed by atoms with E-state index >= 15 is 0 Å². The van der Waals surface area contributed by atoms with E-state index in [0.717, 1.165) is 0 Å². The average Bonchev–Trinajstić information content (AvgIpc) is 3.24. The van der Waals surface area contributed by atoms with Gasteiger partial charge >= 0.3 is 0 Å². The Morgan fingerprint density at radius 2 is 0.790 bits per heavy atom. The summed E-state index contributed by atoms with van der Waals surface area (Å²) in [4.78, 5) is 45.4. The summed E-state index contributed by atoms with van der Waals surface area (Å²) in [6, 6.07) is 28.1. The van der Waals surface area contributed by atoms with Crippen LogP contribution in [-0.4, -0.2) is 43.8 Å². The molecule has 6 aromatic carbocycles. The van der Waals surface area contributed by atoms with Crippen molar-refractivity contribution in [1.29, 1.82) is 0 Å². The standard InChI is InChI=1S/C44H32Cl2N6O10/c45-39(53)23-61-43-25-3-1-4-26(43)16-30-20-36(50-48-34-9-13-38(14-10-34)52(59)60)22-32(42(30)56)18-28-6-2-5-27(44(28)62-24-40(46)54)17-31-21-35(19-29(15-25)41(31)55)49-47-33-7-11-37(12-8-33)51(57)58/h1-14,19-22,55-56H,15-18,23-24H2. The summed E-state index contributed by atoms with van der Waals surface area (Å²) < 4.78 is 12.1. The van der Waals surface area contributed by atoms with E-state index in [1.54, 1.807) is 60.7 Å². The van der Waals surface area contributed by atoms with Crippen LogP contribution in [0.4, 0.5) is 34.1 Å². The van der Waals surface area contributed by atoms with E-state index < -0.39 is 33.5 Å². The highest BCUT2D eigenvalue weighted by Gasteiger charge is 2.23. The van der Waals surface area contributed by atoms with Crippen LogP contribution in [-0.2, 0) is 35.3 Å². The smallest absolute Gasteiger partial charge is 0.269 e. The summed E-state index contributed by atoms with van der Waals surface area (Å²) in [7, 11) is 0. The van der Waals surface area contributed by atoms with Gasteiger partial charge in [0.25, 0.3) is 21.9 Å². The molecule has 0 atom stereocenters. The fraction of sp³-hybridized carbons (Fsp3) is 0.136. The Labute approximate surface area is 362 Å². The second-order valence-corrected chi connectivity index (χ2v) is 14.8. The van der Waals surface area contributed by atoms with Crippen LogP contribution in [0.25, 0.3) is 0 Å². The predicted molar refractivity (Wildman–Crippen MR) is 228 cm³/mol. The summed E-state index contributed by atoms with van der Waals surface area (Å²) in [6.45, 7) is -0.982. The van der Waals surface area contributed by atoms with Gasteiger partial charge in [0.1, 0.15) is 23.0 Å². The third-order valence-electron chi connectivity index (χ3n) is 9.73. The van der Waals surface area contributed by atoms with Gasteiger partial charge in [0.05, 0.1) is 32.6 Å². The normalized spacial score (nSPS) is 12.3. The number of rotatable bonds is 12. The van der Waals surface area contributed by atoms with E-state index in [4.69, 9.17) is 32.7 Å². The van der Waals surface area contributed by atoms with Crippen LogP contribution in [0.15, 0.2) is 130 Å². The maximum atomic E-state index is 12.0. The van der Waals surface area contributed by atoms with E-state index in [1.165, 1.54) is 48.5 Å². The molecule has 0 aliphatic heterocycles. The largest absolute Gasteiger partial charge is 0.507 e. The number of carbonyl (C=O) groups excluding carboxylic acids is 2. The van der Waals surface area contributed by atoms with Crippen molar-refractivity contribution in [2.24, 2.45) is 20.5 Å². The second kappa shape index (κ2) is 18.8. The number of nitro benzene ring substituents is 2. The van der Waals surface area contributed by atoms with E-state index in [-0.39, 0.29) is 60.1 Å². The SMILES string of the molecule is O=C(Cl)COc1c2cccc1Cc1cc(N=Nc3ccc([N+](=O)[O-])cc3)cc(c1O)Cc1cccc(c1OCC(=O)Cl)Cc1cc(N=Nc3ccc([N+](=O)[O-])cc3)cc(c1O)C2. The highest BCUT2D eigenvalue weighted by molar-refractivity contribution is 6.64. The van der Waals surface area contributed by atoms with Gasteiger partial charge in [0.15, 0.2) is 13.2 Å². The number of phenolic OH excluding ortho intramolecular Hbond substituents is 2. The zero-order valence-electron chi connectivity index (χ0n) is 32.2. The molecule has 2 N–H and O–H groups in total. The Kier molecular flexibility index (Phi) is 12.9. The molecule has 312 valence electrons. The van der Waals surface area contributed by atoms with Gasteiger partial charge < -0.3 is 19.7 Å². The first-order chi connectivity index (χ1) is 29.8. The minimum Gasteiger partial charge on any atom is -0.507 e. The fourth-order valence-electron chi connectivity index (χ4n) is 6.93. The molecule has 0 heterocycles. The summed E-state index contributed by atoms with van der Waals surface area (Å²) in [5, 5.41) is 62.1. The van der Waals surface area contributed by atoms with E-state index in [1.807, 2.05) is 0 Å². The van der Waals surface area contributed by atoms with E-state index in [2.05, 4.69) is 20.5 Å². The Balaban J connectivity index is 1.40. The third kappa shape index (κ3) is 10.2. The number of halogens is 2. The number of ether oxygens (including phenoxy) is 2. The predicted octanol–water partition coefficient (Wildman–Crippen LogP) is 10.7. The van der Waals surface area contributed by atoms with Crippen molar-refractivity contribution in [2.45, 2.75) is 25.7 Å². The highest BCUT2D eigenvalue weighted by Crippen LogP contribution is 2.41. The number of fused-ring (bicyclic) bond motifs is 8. The maximum absolute atomic E-state index is 12.0. The quantitative estimate of drug-likeness (QED) is 0.0510. The molecular formula is C44H32Cl2N6O10. The molecule has 0 saturated heterocycles. The number of para-hydroxylation sites is 2. The lowest BCUT2D eigenvalue weighted by Gasteiger charge is -2.20. The van der Waals surface area contributed by atoms with Crippen molar-refractivity contribution in [3.8, 4) is 23.0 Å². The molecule has 0 unspecified atom stereocenters. The Morgan fingerprint density at radius 3 is 1.06 bits per heavy atom. The second-order valence-electron chi connectivity index (χ2n) is 14.0. The molecule has 0 amide bonds. The van der Waals surface area contributed by atoms with Gasteiger partial charge in [0, 0.05) is 72.2 Å². The average molecular weight is 876 g/mol. The minimum absolute atomic E-state index is 0.0459. The Hall–Kier alpha value is -7.56. The van der Waals surface area contributed by atoms with Crippen LogP contribution in [0, 0.1) is 20.2 Å². The number of carbonyl (C=O) groups is 2. The molecule has 1 aliphatic rings. The number of nitro groups is 2. The number of hydrogen-bond acceptors (Lipinski definition) is 14.